The predicted octanol–water partition coefficient (Wildman–Crippen LogP) is 2.67. The Bertz CT molecular complexity index is 344. The lowest BCUT2D eigenvalue weighted by atomic mass is 10.1. The van der Waals surface area contributed by atoms with E-state index in [-0.39, 0.29) is 0 Å². The number of rotatable bonds is 5. The number of benzene rings is 1. The van der Waals surface area contributed by atoms with Gasteiger partial charge in [0.2, 0.25) is 0 Å². The quantitative estimate of drug-likeness (QED) is 0.798. The summed E-state index contributed by atoms with van der Waals surface area (Å²) in [7, 11) is 3.96. The second kappa shape index (κ2) is 5.89. The third kappa shape index (κ3) is 3.24. The molecule has 1 aromatic carbocycles. The number of fused-ring (bicyclic) bond motifs is 1. The lowest BCUT2D eigenvalue weighted by molar-refractivity contribution is 0.116. The first-order valence-electron chi connectivity index (χ1n) is 6.14. The van der Waals surface area contributed by atoms with Crippen molar-refractivity contribution in [3.8, 4) is 0 Å². The van der Waals surface area contributed by atoms with E-state index >= 15 is 0 Å². The fourth-order valence-corrected chi connectivity index (χ4v) is 3.62. The van der Waals surface area contributed by atoms with Crippen LogP contribution >= 0.6 is 11.8 Å². The van der Waals surface area contributed by atoms with Crippen LogP contribution in [0.25, 0.3) is 0 Å². The average molecular weight is 251 g/mol. The molecular weight excluding hydrogens is 230 g/mol. The van der Waals surface area contributed by atoms with Gasteiger partial charge in [0.05, 0.1) is 6.61 Å². The van der Waals surface area contributed by atoms with Gasteiger partial charge >= 0.3 is 0 Å². The molecule has 0 aliphatic carbocycles. The molecule has 1 aromatic rings. The Morgan fingerprint density at radius 2 is 2.24 bits per heavy atom. The van der Waals surface area contributed by atoms with Crippen LogP contribution in [0.15, 0.2) is 29.2 Å². The minimum absolute atomic E-state index is 0.490. The fraction of sp³-hybridized carbons (Fsp3) is 0.571. The van der Waals surface area contributed by atoms with Crippen LogP contribution in [0.3, 0.4) is 0 Å². The smallest absolute Gasteiger partial charge is 0.0615 e. The van der Waals surface area contributed by atoms with E-state index in [1.165, 1.54) is 16.9 Å². The van der Waals surface area contributed by atoms with Crippen molar-refractivity contribution in [2.75, 3.05) is 27.3 Å². The minimum atomic E-state index is 0.490. The standard InChI is InChI=1S/C14H21NOS/c1-11(10-16-3)15(2)9-13-8-12-6-4-5-7-14(12)17-13/h4-7,11,13H,8-10H2,1-3H3. The van der Waals surface area contributed by atoms with E-state index in [1.54, 1.807) is 7.11 Å². The molecule has 2 rings (SSSR count). The fourth-order valence-electron chi connectivity index (χ4n) is 2.23. The molecule has 0 bridgehead atoms. The molecule has 0 radical (unpaired) electrons. The molecule has 2 nitrogen and oxygen atoms in total. The molecule has 17 heavy (non-hydrogen) atoms. The number of methoxy groups -OCH3 is 1. The van der Waals surface area contributed by atoms with Crippen molar-refractivity contribution in [2.45, 2.75) is 29.5 Å². The largest absolute Gasteiger partial charge is 0.383 e. The molecule has 94 valence electrons. The highest BCUT2D eigenvalue weighted by atomic mass is 32.2. The third-order valence-corrected chi connectivity index (χ3v) is 4.67. The summed E-state index contributed by atoms with van der Waals surface area (Å²) in [4.78, 5) is 3.86. The van der Waals surface area contributed by atoms with Gasteiger partial charge in [0.1, 0.15) is 0 Å². The van der Waals surface area contributed by atoms with Gasteiger partial charge < -0.3 is 9.64 Å². The molecule has 2 unspecified atom stereocenters. The van der Waals surface area contributed by atoms with Crippen molar-refractivity contribution in [1.82, 2.24) is 4.90 Å². The summed E-state index contributed by atoms with van der Waals surface area (Å²) in [5.74, 6) is 0. The van der Waals surface area contributed by atoms with Crippen LogP contribution in [-0.4, -0.2) is 43.5 Å². The number of hydrogen-bond donors (Lipinski definition) is 0. The second-order valence-corrected chi connectivity index (χ2v) is 6.14. The summed E-state index contributed by atoms with van der Waals surface area (Å²) in [5, 5.41) is 0.691. The molecule has 0 saturated carbocycles. The van der Waals surface area contributed by atoms with E-state index in [2.05, 4.69) is 43.1 Å². The van der Waals surface area contributed by atoms with Gasteiger partial charge in [0.15, 0.2) is 0 Å². The molecular formula is C14H21NOS. The van der Waals surface area contributed by atoms with Crippen LogP contribution in [0.2, 0.25) is 0 Å². The molecule has 1 heterocycles. The van der Waals surface area contributed by atoms with Crippen LogP contribution in [0.4, 0.5) is 0 Å². The molecule has 0 amide bonds. The van der Waals surface area contributed by atoms with Gasteiger partial charge in [-0.1, -0.05) is 18.2 Å². The van der Waals surface area contributed by atoms with E-state index in [1.807, 2.05) is 11.8 Å². The monoisotopic (exact) mass is 251 g/mol. The summed E-state index contributed by atoms with van der Waals surface area (Å²) >= 11 is 2.02. The van der Waals surface area contributed by atoms with Crippen molar-refractivity contribution >= 4 is 11.8 Å². The Morgan fingerprint density at radius 3 is 2.94 bits per heavy atom. The van der Waals surface area contributed by atoms with Crippen molar-refractivity contribution < 1.29 is 4.74 Å². The van der Waals surface area contributed by atoms with Gasteiger partial charge in [-0.05, 0) is 32.0 Å². The maximum absolute atomic E-state index is 5.20. The Labute approximate surface area is 108 Å². The summed E-state index contributed by atoms with van der Waals surface area (Å²) in [5.41, 5.74) is 1.51. The predicted molar refractivity (Wildman–Crippen MR) is 73.8 cm³/mol. The van der Waals surface area contributed by atoms with Crippen molar-refractivity contribution in [1.29, 1.82) is 0 Å². The van der Waals surface area contributed by atoms with Gasteiger partial charge in [-0.2, -0.15) is 0 Å². The first kappa shape index (κ1) is 12.9. The van der Waals surface area contributed by atoms with Gasteiger partial charge in [-0.15, -0.1) is 11.8 Å². The van der Waals surface area contributed by atoms with Crippen LogP contribution in [0.1, 0.15) is 12.5 Å². The lowest BCUT2D eigenvalue weighted by Gasteiger charge is -2.26. The summed E-state index contributed by atoms with van der Waals surface area (Å²) in [6.45, 7) is 4.15. The Balaban J connectivity index is 1.87. The molecule has 1 aliphatic rings. The molecule has 0 N–H and O–H groups in total. The highest BCUT2D eigenvalue weighted by Crippen LogP contribution is 2.37. The van der Waals surface area contributed by atoms with Crippen molar-refractivity contribution in [2.24, 2.45) is 0 Å². The highest BCUT2D eigenvalue weighted by molar-refractivity contribution is 8.00. The normalized spacial score (nSPS) is 20.6. The number of ether oxygens (including phenoxy) is 1. The van der Waals surface area contributed by atoms with Crippen molar-refractivity contribution in [3.63, 3.8) is 0 Å². The van der Waals surface area contributed by atoms with Crippen LogP contribution in [0.5, 0.6) is 0 Å². The van der Waals surface area contributed by atoms with Crippen LogP contribution < -0.4 is 0 Å². The number of thioether (sulfide) groups is 1. The maximum Gasteiger partial charge on any atom is 0.0615 e. The van der Waals surface area contributed by atoms with E-state index < -0.39 is 0 Å². The Kier molecular flexibility index (Phi) is 4.48. The zero-order valence-corrected chi connectivity index (χ0v) is 11.7. The molecule has 0 fully saturated rings. The van der Waals surface area contributed by atoms with Gasteiger partial charge in [0.25, 0.3) is 0 Å². The van der Waals surface area contributed by atoms with E-state index in [4.69, 9.17) is 4.74 Å². The second-order valence-electron chi connectivity index (χ2n) is 4.80. The summed E-state index contributed by atoms with van der Waals surface area (Å²) in [6.07, 6.45) is 1.20. The van der Waals surface area contributed by atoms with Gasteiger partial charge in [-0.25, -0.2) is 0 Å². The first-order chi connectivity index (χ1) is 8.20. The molecule has 3 heteroatoms. The molecule has 0 aromatic heterocycles. The number of nitrogens with zero attached hydrogens (tertiary/aromatic N) is 1. The summed E-state index contributed by atoms with van der Waals surface area (Å²) < 4.78 is 5.20. The van der Waals surface area contributed by atoms with E-state index in [0.29, 0.717) is 11.3 Å². The zero-order chi connectivity index (χ0) is 12.3. The SMILES string of the molecule is COCC(C)N(C)CC1Cc2ccccc2S1. The minimum Gasteiger partial charge on any atom is -0.383 e. The maximum atomic E-state index is 5.20. The van der Waals surface area contributed by atoms with Gasteiger partial charge in [0, 0.05) is 29.8 Å². The molecule has 2 atom stereocenters. The number of hydrogen-bond acceptors (Lipinski definition) is 3. The Hall–Kier alpha value is -0.510. The summed E-state index contributed by atoms with van der Waals surface area (Å²) in [6, 6.07) is 9.24. The molecule has 1 aliphatic heterocycles. The number of likely N-dealkylation sites (N-methyl/N-ethyl adjacent to an activating group) is 1. The topological polar surface area (TPSA) is 12.5 Å². The highest BCUT2D eigenvalue weighted by Gasteiger charge is 2.24. The molecule has 0 spiro atoms. The third-order valence-electron chi connectivity index (χ3n) is 3.37. The van der Waals surface area contributed by atoms with Gasteiger partial charge in [-0.3, -0.25) is 0 Å². The molecule has 0 saturated heterocycles. The average Bonchev–Trinajstić information content (AvgIpc) is 2.71. The first-order valence-corrected chi connectivity index (χ1v) is 7.02. The van der Waals surface area contributed by atoms with Crippen LogP contribution in [-0.2, 0) is 11.2 Å². The lowest BCUT2D eigenvalue weighted by Crippen LogP contribution is -2.37. The zero-order valence-electron chi connectivity index (χ0n) is 10.8. The Morgan fingerprint density at radius 1 is 1.47 bits per heavy atom. The van der Waals surface area contributed by atoms with Crippen LogP contribution in [0, 0.1) is 0 Å². The van der Waals surface area contributed by atoms with Crippen molar-refractivity contribution in [3.05, 3.63) is 29.8 Å². The van der Waals surface area contributed by atoms with E-state index in [9.17, 15) is 0 Å². The van der Waals surface area contributed by atoms with E-state index in [0.717, 1.165) is 13.2 Å².